The van der Waals surface area contributed by atoms with Crippen LogP contribution in [0.4, 0.5) is 0 Å². The summed E-state index contributed by atoms with van der Waals surface area (Å²) in [4.78, 5) is 14.1. The molecule has 0 aromatic rings. The van der Waals surface area contributed by atoms with E-state index in [2.05, 4.69) is 31.1 Å². The average Bonchev–Trinajstić information content (AvgIpc) is 3.09. The maximum absolute atomic E-state index is 11.9. The zero-order chi connectivity index (χ0) is 13.5. The fourth-order valence-corrected chi connectivity index (χ4v) is 1.85. The molecular formula is C14H28N2O2. The largest absolute Gasteiger partial charge is 0.465 e. The predicted octanol–water partition coefficient (Wildman–Crippen LogP) is 1.65. The van der Waals surface area contributed by atoms with Gasteiger partial charge in [-0.3, -0.25) is 4.79 Å². The molecule has 106 valence electrons. The van der Waals surface area contributed by atoms with E-state index < -0.39 is 0 Å². The van der Waals surface area contributed by atoms with Crippen LogP contribution in [0.15, 0.2) is 0 Å². The molecule has 1 N–H and O–H groups in total. The molecule has 0 aromatic carbocycles. The van der Waals surface area contributed by atoms with Crippen LogP contribution < -0.4 is 5.32 Å². The molecule has 1 aliphatic carbocycles. The number of hydrogen-bond acceptors (Lipinski definition) is 4. The quantitative estimate of drug-likeness (QED) is 0.637. The van der Waals surface area contributed by atoms with Gasteiger partial charge in [-0.05, 0) is 45.7 Å². The molecule has 1 fully saturated rings. The predicted molar refractivity (Wildman–Crippen MR) is 73.5 cm³/mol. The van der Waals surface area contributed by atoms with Crippen molar-refractivity contribution in [1.29, 1.82) is 0 Å². The molecule has 0 radical (unpaired) electrons. The van der Waals surface area contributed by atoms with Gasteiger partial charge in [0.05, 0.1) is 6.61 Å². The van der Waals surface area contributed by atoms with Crippen molar-refractivity contribution in [3.05, 3.63) is 0 Å². The number of nitrogens with one attached hydrogen (secondary N) is 1. The van der Waals surface area contributed by atoms with E-state index in [1.807, 2.05) is 6.92 Å². The maximum Gasteiger partial charge on any atom is 0.324 e. The summed E-state index contributed by atoms with van der Waals surface area (Å²) in [6.45, 7) is 8.52. The first-order chi connectivity index (χ1) is 8.52. The Kier molecular flexibility index (Phi) is 6.65. The molecule has 0 aromatic heterocycles. The Labute approximate surface area is 111 Å². The Morgan fingerprint density at radius 3 is 2.61 bits per heavy atom. The molecule has 1 unspecified atom stereocenters. The average molecular weight is 256 g/mol. The highest BCUT2D eigenvalue weighted by Crippen LogP contribution is 2.19. The second kappa shape index (κ2) is 7.74. The first-order valence-electron chi connectivity index (χ1n) is 7.14. The smallest absolute Gasteiger partial charge is 0.324 e. The van der Waals surface area contributed by atoms with Crippen LogP contribution in [0, 0.1) is 5.92 Å². The molecule has 1 aliphatic rings. The molecule has 0 heterocycles. The highest BCUT2D eigenvalue weighted by molar-refractivity contribution is 5.76. The summed E-state index contributed by atoms with van der Waals surface area (Å²) >= 11 is 0. The molecule has 0 amide bonds. The van der Waals surface area contributed by atoms with Gasteiger partial charge in [0.2, 0.25) is 0 Å². The molecule has 1 atom stereocenters. The second-order valence-electron chi connectivity index (χ2n) is 5.69. The van der Waals surface area contributed by atoms with Gasteiger partial charge in [0, 0.05) is 12.6 Å². The summed E-state index contributed by atoms with van der Waals surface area (Å²) in [5.74, 6) is 0.589. The third-order valence-corrected chi connectivity index (χ3v) is 3.17. The minimum absolute atomic E-state index is 0.110. The van der Waals surface area contributed by atoms with E-state index in [1.54, 1.807) is 0 Å². The summed E-state index contributed by atoms with van der Waals surface area (Å²) in [5.41, 5.74) is 0. The number of carbonyl (C=O) groups excluding carboxylic acids is 1. The molecule has 18 heavy (non-hydrogen) atoms. The molecule has 0 spiro atoms. The van der Waals surface area contributed by atoms with E-state index in [4.69, 9.17) is 4.74 Å². The van der Waals surface area contributed by atoms with E-state index in [0.717, 1.165) is 19.5 Å². The van der Waals surface area contributed by atoms with Crippen LogP contribution in [0.5, 0.6) is 0 Å². The molecule has 1 saturated carbocycles. The van der Waals surface area contributed by atoms with E-state index in [0.29, 0.717) is 18.6 Å². The van der Waals surface area contributed by atoms with Gasteiger partial charge in [-0.15, -0.1) is 0 Å². The molecule has 0 aliphatic heterocycles. The zero-order valence-corrected chi connectivity index (χ0v) is 12.2. The van der Waals surface area contributed by atoms with Crippen molar-refractivity contribution >= 4 is 5.97 Å². The summed E-state index contributed by atoms with van der Waals surface area (Å²) in [7, 11) is 2.07. The van der Waals surface area contributed by atoms with Crippen LogP contribution in [-0.4, -0.2) is 49.7 Å². The molecule has 0 saturated heterocycles. The second-order valence-corrected chi connectivity index (χ2v) is 5.69. The number of likely N-dealkylation sites (N-methyl/N-ethyl adjacent to an activating group) is 1. The highest BCUT2D eigenvalue weighted by Gasteiger charge is 2.29. The van der Waals surface area contributed by atoms with E-state index in [9.17, 15) is 4.79 Å². The van der Waals surface area contributed by atoms with Gasteiger partial charge in [-0.2, -0.15) is 0 Å². The Balaban J connectivity index is 2.35. The monoisotopic (exact) mass is 256 g/mol. The summed E-state index contributed by atoms with van der Waals surface area (Å²) in [5, 5.41) is 3.38. The van der Waals surface area contributed by atoms with Crippen LogP contribution in [0.1, 0.15) is 40.0 Å². The van der Waals surface area contributed by atoms with Crippen molar-refractivity contribution in [2.24, 2.45) is 5.92 Å². The van der Waals surface area contributed by atoms with Gasteiger partial charge < -0.3 is 15.0 Å². The third-order valence-electron chi connectivity index (χ3n) is 3.17. The normalized spacial score (nSPS) is 17.2. The standard InChI is InChI=1S/C14H28N2O2/c1-5-18-14(17)13(15-12-6-7-12)10-16(4)9-8-11(2)3/h11-13,15H,5-10H2,1-4H3. The Morgan fingerprint density at radius 1 is 1.44 bits per heavy atom. The molecular weight excluding hydrogens is 228 g/mol. The van der Waals surface area contributed by atoms with Crippen LogP contribution >= 0.6 is 0 Å². The highest BCUT2D eigenvalue weighted by atomic mass is 16.5. The fraction of sp³-hybridized carbons (Fsp3) is 0.929. The molecule has 4 nitrogen and oxygen atoms in total. The number of ether oxygens (including phenoxy) is 1. The van der Waals surface area contributed by atoms with E-state index >= 15 is 0 Å². The Bertz CT molecular complexity index is 252. The van der Waals surface area contributed by atoms with E-state index in [-0.39, 0.29) is 12.0 Å². The van der Waals surface area contributed by atoms with Gasteiger partial charge in [-0.1, -0.05) is 13.8 Å². The SMILES string of the molecule is CCOC(=O)C(CN(C)CCC(C)C)NC1CC1. The first-order valence-corrected chi connectivity index (χ1v) is 7.14. The lowest BCUT2D eigenvalue weighted by molar-refractivity contribution is -0.146. The minimum atomic E-state index is -0.172. The summed E-state index contributed by atoms with van der Waals surface area (Å²) in [6, 6.07) is 0.354. The molecule has 4 heteroatoms. The van der Waals surface area contributed by atoms with Crippen molar-refractivity contribution < 1.29 is 9.53 Å². The zero-order valence-electron chi connectivity index (χ0n) is 12.2. The van der Waals surface area contributed by atoms with Crippen LogP contribution in [-0.2, 0) is 9.53 Å². The van der Waals surface area contributed by atoms with E-state index in [1.165, 1.54) is 12.8 Å². The fourth-order valence-electron chi connectivity index (χ4n) is 1.85. The number of hydrogen-bond donors (Lipinski definition) is 1. The number of carbonyl (C=O) groups is 1. The van der Waals surface area contributed by atoms with Crippen molar-refractivity contribution in [2.45, 2.75) is 52.1 Å². The van der Waals surface area contributed by atoms with Crippen LogP contribution in [0.25, 0.3) is 0 Å². The minimum Gasteiger partial charge on any atom is -0.465 e. The Hall–Kier alpha value is -0.610. The topological polar surface area (TPSA) is 41.6 Å². The number of nitrogens with zero attached hydrogens (tertiary/aromatic N) is 1. The number of rotatable bonds is 9. The van der Waals surface area contributed by atoms with Gasteiger partial charge in [0.1, 0.15) is 6.04 Å². The maximum atomic E-state index is 11.9. The lowest BCUT2D eigenvalue weighted by Crippen LogP contribution is -2.47. The van der Waals surface area contributed by atoms with Gasteiger partial charge in [0.25, 0.3) is 0 Å². The van der Waals surface area contributed by atoms with Crippen LogP contribution in [0.2, 0.25) is 0 Å². The molecule has 1 rings (SSSR count). The van der Waals surface area contributed by atoms with Crippen molar-refractivity contribution in [3.63, 3.8) is 0 Å². The van der Waals surface area contributed by atoms with Crippen LogP contribution in [0.3, 0.4) is 0 Å². The summed E-state index contributed by atoms with van der Waals surface area (Å²) in [6.07, 6.45) is 3.53. The number of esters is 1. The van der Waals surface area contributed by atoms with Gasteiger partial charge in [0.15, 0.2) is 0 Å². The van der Waals surface area contributed by atoms with Gasteiger partial charge >= 0.3 is 5.97 Å². The van der Waals surface area contributed by atoms with Crippen molar-refractivity contribution in [1.82, 2.24) is 10.2 Å². The summed E-state index contributed by atoms with van der Waals surface area (Å²) < 4.78 is 5.13. The Morgan fingerprint density at radius 2 is 2.11 bits per heavy atom. The van der Waals surface area contributed by atoms with Crippen molar-refractivity contribution in [3.8, 4) is 0 Å². The van der Waals surface area contributed by atoms with Crippen molar-refractivity contribution in [2.75, 3.05) is 26.7 Å². The first kappa shape index (κ1) is 15.4. The molecule has 0 bridgehead atoms. The van der Waals surface area contributed by atoms with Gasteiger partial charge in [-0.25, -0.2) is 0 Å². The lowest BCUT2D eigenvalue weighted by Gasteiger charge is -2.24. The third kappa shape index (κ3) is 6.36. The lowest BCUT2D eigenvalue weighted by atomic mass is 10.1.